The zero-order valence-corrected chi connectivity index (χ0v) is 15.9. The van der Waals surface area contributed by atoms with Crippen molar-refractivity contribution in [1.82, 2.24) is 9.97 Å². The monoisotopic (exact) mass is 391 g/mol. The maximum atomic E-state index is 11.0. The second-order valence-corrected chi connectivity index (χ2v) is 6.72. The zero-order chi connectivity index (χ0) is 19.5. The van der Waals surface area contributed by atoms with Crippen molar-refractivity contribution in [1.29, 1.82) is 0 Å². The van der Waals surface area contributed by atoms with Crippen molar-refractivity contribution in [3.63, 3.8) is 0 Å². The van der Waals surface area contributed by atoms with E-state index in [0.29, 0.717) is 21.9 Å². The molecule has 1 atom stereocenters. The van der Waals surface area contributed by atoms with Crippen molar-refractivity contribution in [3.8, 4) is 11.5 Å². The van der Waals surface area contributed by atoms with E-state index < -0.39 is 6.04 Å². The van der Waals surface area contributed by atoms with Crippen LogP contribution >= 0.6 is 11.6 Å². The van der Waals surface area contributed by atoms with Gasteiger partial charge in [0.1, 0.15) is 17.0 Å². The first-order valence-corrected chi connectivity index (χ1v) is 9.12. The number of aromatic nitrogens is 2. The maximum Gasteiger partial charge on any atom is 0.147 e. The lowest BCUT2D eigenvalue weighted by Gasteiger charge is -2.24. The highest BCUT2D eigenvalue weighted by Crippen LogP contribution is 2.40. The second-order valence-electron chi connectivity index (χ2n) is 6.28. The molecule has 2 aromatic heterocycles. The van der Waals surface area contributed by atoms with Crippen LogP contribution in [0.2, 0.25) is 5.02 Å². The number of aromatic hydroxyl groups is 1. The van der Waals surface area contributed by atoms with Crippen LogP contribution in [0.5, 0.6) is 11.5 Å². The molecule has 6 heteroatoms. The molecule has 2 heterocycles. The Morgan fingerprint density at radius 1 is 1.04 bits per heavy atom. The molecule has 140 valence electrons. The Hall–Kier alpha value is -3.31. The summed E-state index contributed by atoms with van der Waals surface area (Å²) in [6, 6.07) is 16.3. The molecule has 2 aromatic carbocycles. The summed E-state index contributed by atoms with van der Waals surface area (Å²) in [5.41, 5.74) is 2.80. The van der Waals surface area contributed by atoms with Crippen molar-refractivity contribution in [2.45, 2.75) is 6.04 Å². The van der Waals surface area contributed by atoms with Crippen LogP contribution in [0.3, 0.4) is 0 Å². The van der Waals surface area contributed by atoms with Crippen molar-refractivity contribution in [3.05, 3.63) is 89.3 Å². The smallest absolute Gasteiger partial charge is 0.147 e. The van der Waals surface area contributed by atoms with E-state index in [1.807, 2.05) is 48.5 Å². The summed E-state index contributed by atoms with van der Waals surface area (Å²) in [4.78, 5) is 8.50. The fourth-order valence-electron chi connectivity index (χ4n) is 3.25. The van der Waals surface area contributed by atoms with Gasteiger partial charge >= 0.3 is 0 Å². The van der Waals surface area contributed by atoms with Crippen LogP contribution < -0.4 is 10.1 Å². The Morgan fingerprint density at radius 3 is 2.68 bits per heavy atom. The van der Waals surface area contributed by atoms with Gasteiger partial charge in [0.15, 0.2) is 0 Å². The minimum atomic E-state index is -0.427. The largest absolute Gasteiger partial charge is 0.505 e. The van der Waals surface area contributed by atoms with Crippen LogP contribution in [0, 0.1) is 0 Å². The summed E-state index contributed by atoms with van der Waals surface area (Å²) in [6.45, 7) is 0. The van der Waals surface area contributed by atoms with E-state index in [1.54, 1.807) is 31.8 Å². The molecule has 4 aromatic rings. The summed E-state index contributed by atoms with van der Waals surface area (Å²) >= 11 is 6.27. The van der Waals surface area contributed by atoms with E-state index in [-0.39, 0.29) is 5.75 Å². The first-order valence-electron chi connectivity index (χ1n) is 8.74. The van der Waals surface area contributed by atoms with Crippen molar-refractivity contribution >= 4 is 28.2 Å². The topological polar surface area (TPSA) is 67.3 Å². The number of nitrogens with zero attached hydrogens (tertiary/aromatic N) is 2. The molecule has 2 N–H and O–H groups in total. The normalized spacial score (nSPS) is 11.9. The molecule has 0 aliphatic rings. The van der Waals surface area contributed by atoms with Crippen molar-refractivity contribution < 1.29 is 9.84 Å². The average molecular weight is 392 g/mol. The molecular formula is C22H18ClN3O2. The number of rotatable bonds is 5. The fourth-order valence-corrected chi connectivity index (χ4v) is 3.43. The highest BCUT2D eigenvalue weighted by Gasteiger charge is 2.23. The molecule has 5 nitrogen and oxygen atoms in total. The van der Waals surface area contributed by atoms with Crippen LogP contribution in [-0.4, -0.2) is 22.2 Å². The highest BCUT2D eigenvalue weighted by molar-refractivity contribution is 6.30. The molecule has 0 radical (unpaired) electrons. The average Bonchev–Trinajstić information content (AvgIpc) is 2.74. The van der Waals surface area contributed by atoms with Gasteiger partial charge in [-0.2, -0.15) is 0 Å². The number of phenolic OH excluding ortho intramolecular Hbond substituents is 1. The molecule has 0 spiro atoms. The van der Waals surface area contributed by atoms with Gasteiger partial charge in [0, 0.05) is 40.1 Å². The van der Waals surface area contributed by atoms with E-state index in [1.165, 1.54) is 0 Å². The Bertz CT molecular complexity index is 1120. The van der Waals surface area contributed by atoms with Crippen LogP contribution in [0.25, 0.3) is 10.9 Å². The van der Waals surface area contributed by atoms with Gasteiger partial charge in [0.05, 0.1) is 18.8 Å². The van der Waals surface area contributed by atoms with Gasteiger partial charge in [0.2, 0.25) is 0 Å². The molecule has 0 aliphatic heterocycles. The second kappa shape index (κ2) is 7.74. The van der Waals surface area contributed by atoms with Gasteiger partial charge in [-0.1, -0.05) is 29.8 Å². The molecule has 4 rings (SSSR count). The summed E-state index contributed by atoms with van der Waals surface area (Å²) in [6.07, 6.45) is 5.09. The van der Waals surface area contributed by atoms with Gasteiger partial charge in [0.25, 0.3) is 0 Å². The van der Waals surface area contributed by atoms with Crippen molar-refractivity contribution in [2.24, 2.45) is 0 Å². The Morgan fingerprint density at radius 2 is 1.89 bits per heavy atom. The number of hydrogen-bond donors (Lipinski definition) is 2. The minimum absolute atomic E-state index is 0.113. The van der Waals surface area contributed by atoms with E-state index in [9.17, 15) is 5.11 Å². The predicted octanol–water partition coefficient (Wildman–Crippen LogP) is 5.20. The SMILES string of the molecule is COc1ccc(Cl)cc1C(Nc1cccnc1)c1ccc2cccnc2c1O. The Balaban J connectivity index is 1.91. The lowest BCUT2D eigenvalue weighted by molar-refractivity contribution is 0.408. The lowest BCUT2D eigenvalue weighted by Crippen LogP contribution is -2.14. The summed E-state index contributed by atoms with van der Waals surface area (Å²) in [5, 5.41) is 15.9. The van der Waals surface area contributed by atoms with Crippen LogP contribution in [0.4, 0.5) is 5.69 Å². The molecule has 0 bridgehead atoms. The van der Waals surface area contributed by atoms with Gasteiger partial charge < -0.3 is 15.2 Å². The highest BCUT2D eigenvalue weighted by atomic mass is 35.5. The third-order valence-electron chi connectivity index (χ3n) is 4.57. The number of anilines is 1. The first-order chi connectivity index (χ1) is 13.7. The van der Waals surface area contributed by atoms with E-state index >= 15 is 0 Å². The summed E-state index contributed by atoms with van der Waals surface area (Å²) in [5.74, 6) is 0.771. The van der Waals surface area contributed by atoms with Gasteiger partial charge in [-0.3, -0.25) is 9.97 Å². The van der Waals surface area contributed by atoms with Crippen LogP contribution in [0.15, 0.2) is 73.2 Å². The minimum Gasteiger partial charge on any atom is -0.505 e. The van der Waals surface area contributed by atoms with Crippen LogP contribution in [0.1, 0.15) is 17.2 Å². The summed E-state index contributed by atoms with van der Waals surface area (Å²) in [7, 11) is 1.61. The molecule has 0 saturated heterocycles. The quantitative estimate of drug-likeness (QED) is 0.489. The predicted molar refractivity (Wildman–Crippen MR) is 111 cm³/mol. The summed E-state index contributed by atoms with van der Waals surface area (Å²) < 4.78 is 5.56. The molecule has 0 saturated carbocycles. The lowest BCUT2D eigenvalue weighted by atomic mass is 9.95. The fraction of sp³-hybridized carbons (Fsp3) is 0.0909. The van der Waals surface area contributed by atoms with E-state index in [0.717, 1.165) is 16.6 Å². The maximum absolute atomic E-state index is 11.0. The van der Waals surface area contributed by atoms with E-state index in [4.69, 9.17) is 16.3 Å². The molecule has 1 unspecified atom stereocenters. The third kappa shape index (κ3) is 3.44. The molecule has 28 heavy (non-hydrogen) atoms. The number of nitrogens with one attached hydrogen (secondary N) is 1. The molecule has 0 fully saturated rings. The first kappa shape index (κ1) is 18.1. The number of fused-ring (bicyclic) bond motifs is 1. The van der Waals surface area contributed by atoms with Crippen LogP contribution in [-0.2, 0) is 0 Å². The third-order valence-corrected chi connectivity index (χ3v) is 4.80. The standard InChI is InChI=1S/C22H18ClN3O2/c1-28-19-9-7-15(23)12-18(19)21(26-16-5-3-10-24-13-16)17-8-6-14-4-2-11-25-20(14)22(17)27/h2-13,21,26-27H,1H3. The zero-order valence-electron chi connectivity index (χ0n) is 15.1. The van der Waals surface area contributed by atoms with E-state index in [2.05, 4.69) is 15.3 Å². The molecule has 0 amide bonds. The van der Waals surface area contributed by atoms with Gasteiger partial charge in [-0.05, 0) is 36.4 Å². The number of phenols is 1. The number of hydrogen-bond acceptors (Lipinski definition) is 5. The Kier molecular flexibility index (Phi) is 5.00. The van der Waals surface area contributed by atoms with Crippen molar-refractivity contribution in [2.75, 3.05) is 12.4 Å². The molecule has 0 aliphatic carbocycles. The number of halogens is 1. The molecular weight excluding hydrogens is 374 g/mol. The number of pyridine rings is 2. The Labute approximate surface area is 167 Å². The van der Waals surface area contributed by atoms with Gasteiger partial charge in [-0.25, -0.2) is 0 Å². The number of ether oxygens (including phenoxy) is 1. The number of methoxy groups -OCH3 is 1. The van der Waals surface area contributed by atoms with Gasteiger partial charge in [-0.15, -0.1) is 0 Å². The number of benzene rings is 2.